The molecular formula is C30H18Br2HgN2Na2O6. The topological polar surface area (TPSA) is 166 Å². The van der Waals surface area contributed by atoms with Crippen molar-refractivity contribution in [3.05, 3.63) is 104 Å². The molecule has 0 bridgehead atoms. The molecule has 13 heteroatoms. The second-order valence-electron chi connectivity index (χ2n) is 9.12. The van der Waals surface area contributed by atoms with E-state index in [0.717, 1.165) is 10.8 Å². The Hall–Kier alpha value is -1.44. The maximum absolute atomic E-state index is 12.5. The fourth-order valence-corrected chi connectivity index (χ4v) is 9.32. The molecule has 0 unspecified atom stereocenters. The molecular weight excluding hydrogens is 891 g/mol. The van der Waals surface area contributed by atoms with Crippen molar-refractivity contribution < 1.29 is 107 Å². The Balaban J connectivity index is 0.000000304. The Kier molecular flexibility index (Phi) is 12.8. The molecule has 202 valence electrons. The monoisotopic (exact) mass is 908 g/mol. The zero-order chi connectivity index (χ0) is 29.4. The molecule has 0 atom stereocenters. The van der Waals surface area contributed by atoms with Gasteiger partial charge in [-0.25, -0.2) is 0 Å². The summed E-state index contributed by atoms with van der Waals surface area (Å²) in [5.74, 6) is -1.52. The van der Waals surface area contributed by atoms with Crippen molar-refractivity contribution in [2.75, 3.05) is 11.5 Å². The molecule has 43 heavy (non-hydrogen) atoms. The van der Waals surface area contributed by atoms with Crippen LogP contribution < -0.4 is 89.3 Å². The van der Waals surface area contributed by atoms with Gasteiger partial charge in [0.25, 0.3) is 0 Å². The largest absolute Gasteiger partial charge is 1.00 e. The van der Waals surface area contributed by atoms with E-state index in [1.807, 2.05) is 36.4 Å². The standard InChI is InChI=1S/C20H9Br2O5.C10H10N2.Hg.2Na.H2O/c21-13-5-11-17(7-15(13)23)27-18-8-16(24)14(22)6-12(18)19(11)9-3-1-2-4-10(9)20(25)26;11-9-5-7-3-1-2-4-8(7)6-10(9)12;;;;/h1-7,24H,(H,25,26);1-6H,11-12H2;;;;1H2/q;;3*+1;/p-3. The molecule has 1 aliphatic heterocycles. The van der Waals surface area contributed by atoms with Crippen molar-refractivity contribution in [1.29, 1.82) is 0 Å². The Bertz CT molecular complexity index is 1980. The van der Waals surface area contributed by atoms with E-state index in [2.05, 4.69) is 31.9 Å². The number of carboxylic acid groups (broad SMARTS) is 1. The SMILES string of the molecule is Nc1cc2ccccc2cc1N.O=C([O-])c1ccccc1-c1c2cc(Br)c(=O)cc-2oc2[c]([Hg][OH])c([O-])c(Br)cc12.[Na+].[Na+]. The van der Waals surface area contributed by atoms with Gasteiger partial charge < -0.3 is 11.5 Å². The van der Waals surface area contributed by atoms with Gasteiger partial charge in [-0.1, -0.05) is 24.3 Å². The molecule has 1 aliphatic carbocycles. The summed E-state index contributed by atoms with van der Waals surface area (Å²) >= 11 is 3.71. The third kappa shape index (κ3) is 7.35. The molecule has 0 saturated heterocycles. The Labute approximate surface area is 319 Å². The number of carboxylic acids is 1. The van der Waals surface area contributed by atoms with Crippen LogP contribution in [-0.4, -0.2) is 8.98 Å². The maximum atomic E-state index is 12.5. The molecule has 8 nitrogen and oxygen atoms in total. The van der Waals surface area contributed by atoms with Gasteiger partial charge in [0.15, 0.2) is 0 Å². The van der Waals surface area contributed by atoms with E-state index in [1.54, 1.807) is 30.3 Å². The van der Waals surface area contributed by atoms with Crippen LogP contribution in [-0.2, 0) is 25.0 Å². The summed E-state index contributed by atoms with van der Waals surface area (Å²) < 4.78 is 16.6. The molecule has 4 aromatic carbocycles. The van der Waals surface area contributed by atoms with Crippen molar-refractivity contribution in [1.82, 2.24) is 0 Å². The Morgan fingerprint density at radius 1 is 0.837 bits per heavy atom. The minimum atomic E-state index is -2.75. The van der Waals surface area contributed by atoms with Gasteiger partial charge in [0.1, 0.15) is 0 Å². The van der Waals surface area contributed by atoms with Crippen molar-refractivity contribution in [3.8, 4) is 28.2 Å². The molecule has 2 aliphatic rings. The van der Waals surface area contributed by atoms with Gasteiger partial charge in [-0.2, -0.15) is 0 Å². The molecule has 0 saturated carbocycles. The van der Waals surface area contributed by atoms with Gasteiger partial charge in [-0.3, -0.25) is 0 Å². The van der Waals surface area contributed by atoms with Gasteiger partial charge >= 0.3 is 254 Å². The number of aromatic carboxylic acids is 1. The van der Waals surface area contributed by atoms with E-state index in [4.69, 9.17) is 15.9 Å². The number of nitrogen functional groups attached to an aromatic ring is 2. The van der Waals surface area contributed by atoms with E-state index in [1.165, 1.54) is 12.1 Å². The van der Waals surface area contributed by atoms with Crippen LogP contribution in [0.2, 0.25) is 0 Å². The summed E-state index contributed by atoms with van der Waals surface area (Å²) in [7, 11) is 0. The van der Waals surface area contributed by atoms with E-state index >= 15 is 0 Å². The molecule has 0 radical (unpaired) electrons. The molecule has 1 heterocycles. The van der Waals surface area contributed by atoms with Crippen LogP contribution in [0.25, 0.3) is 44.2 Å². The summed E-state index contributed by atoms with van der Waals surface area (Å²) in [6.45, 7) is 0. The maximum Gasteiger partial charge on any atom is 1.00 e. The number of halogens is 2. The van der Waals surface area contributed by atoms with E-state index in [9.17, 15) is 22.8 Å². The number of carbonyl (C=O) groups excluding carboxylic acids is 1. The summed E-state index contributed by atoms with van der Waals surface area (Å²) in [6, 6.07) is 22.5. The van der Waals surface area contributed by atoms with Crippen molar-refractivity contribution in [2.24, 2.45) is 0 Å². The number of hydrogen-bond donors (Lipinski definition) is 3. The van der Waals surface area contributed by atoms with Crippen LogP contribution in [0.1, 0.15) is 10.4 Å². The van der Waals surface area contributed by atoms with Crippen LogP contribution in [0, 0.1) is 0 Å². The first kappa shape index (κ1) is 36.0. The zero-order valence-corrected chi connectivity index (χ0v) is 35.8. The third-order valence-corrected chi connectivity index (χ3v) is 11.5. The number of benzene rings is 5. The average Bonchev–Trinajstić information content (AvgIpc) is 2.95. The summed E-state index contributed by atoms with van der Waals surface area (Å²) in [5.41, 5.74) is 13.8. The van der Waals surface area contributed by atoms with Gasteiger partial charge in [0.05, 0.1) is 11.4 Å². The molecule has 0 spiro atoms. The number of fused-ring (bicyclic) bond motifs is 3. The Morgan fingerprint density at radius 3 is 2.00 bits per heavy atom. The van der Waals surface area contributed by atoms with E-state index in [-0.39, 0.29) is 99.2 Å². The molecule has 5 N–H and O–H groups in total. The summed E-state index contributed by atoms with van der Waals surface area (Å²) in [4.78, 5) is 23.9. The first-order valence-corrected chi connectivity index (χ1v) is 18.9. The first-order valence-electron chi connectivity index (χ1n) is 12.1. The smallest absolute Gasteiger partial charge is 1.00 e. The number of nitrogens with two attached hydrogens (primary N) is 2. The van der Waals surface area contributed by atoms with Crippen LogP contribution in [0.4, 0.5) is 11.4 Å². The van der Waals surface area contributed by atoms with E-state index < -0.39 is 31.0 Å². The van der Waals surface area contributed by atoms with E-state index in [0.29, 0.717) is 33.5 Å². The Morgan fingerprint density at radius 2 is 1.42 bits per heavy atom. The average molecular weight is 909 g/mol. The molecule has 0 amide bonds. The second kappa shape index (κ2) is 15.2. The quantitative estimate of drug-likeness (QED) is 0.106. The number of anilines is 2. The van der Waals surface area contributed by atoms with Crippen LogP contribution in [0.3, 0.4) is 0 Å². The third-order valence-electron chi connectivity index (χ3n) is 6.59. The number of rotatable bonds is 3. The van der Waals surface area contributed by atoms with Gasteiger partial charge in [-0.15, -0.1) is 0 Å². The number of carbonyl (C=O) groups is 1. The minimum absolute atomic E-state index is 0. The molecule has 0 aromatic heterocycles. The predicted molar refractivity (Wildman–Crippen MR) is 158 cm³/mol. The van der Waals surface area contributed by atoms with Gasteiger partial charge in [0.2, 0.25) is 0 Å². The molecule has 0 fully saturated rings. The minimum Gasteiger partial charge on any atom is 1.00 e. The fourth-order valence-electron chi connectivity index (χ4n) is 4.63. The van der Waals surface area contributed by atoms with Crippen molar-refractivity contribution in [2.45, 2.75) is 0 Å². The number of hydrogen-bond acceptors (Lipinski definition) is 8. The summed E-state index contributed by atoms with van der Waals surface area (Å²) in [5, 5.41) is 27.0. The van der Waals surface area contributed by atoms with Crippen molar-refractivity contribution >= 4 is 74.0 Å². The van der Waals surface area contributed by atoms with Gasteiger partial charge in [-0.05, 0) is 22.9 Å². The molecule has 6 rings (SSSR count). The normalized spacial score (nSPS) is 10.3. The first-order chi connectivity index (χ1) is 19.6. The zero-order valence-electron chi connectivity index (χ0n) is 23.1. The predicted octanol–water partition coefficient (Wildman–Crippen LogP) is -1.85. The summed E-state index contributed by atoms with van der Waals surface area (Å²) in [6.07, 6.45) is 0. The van der Waals surface area contributed by atoms with Gasteiger partial charge in [0, 0.05) is 0 Å². The fraction of sp³-hybridized carbons (Fsp3) is 0. The van der Waals surface area contributed by atoms with Crippen LogP contribution in [0.5, 0.6) is 5.75 Å². The van der Waals surface area contributed by atoms with Crippen LogP contribution in [0.15, 0.2) is 97.0 Å². The van der Waals surface area contributed by atoms with Crippen molar-refractivity contribution in [3.63, 3.8) is 0 Å². The molecule has 4 aromatic rings. The van der Waals surface area contributed by atoms with Crippen LogP contribution >= 0.6 is 31.9 Å². The second-order valence-corrected chi connectivity index (χ2v) is 14.8.